The zero-order valence-electron chi connectivity index (χ0n) is 34.1. The van der Waals surface area contributed by atoms with Crippen LogP contribution >= 0.6 is 24.8 Å². The number of carboxylic acid groups (broad SMARTS) is 1. The van der Waals surface area contributed by atoms with Crippen LogP contribution in [0.2, 0.25) is 0 Å². The van der Waals surface area contributed by atoms with E-state index >= 15 is 0 Å². The summed E-state index contributed by atoms with van der Waals surface area (Å²) in [6.07, 6.45) is 17.0. The molecule has 1 saturated heterocycles. The lowest BCUT2D eigenvalue weighted by molar-refractivity contribution is -0.134. The molecule has 0 spiro atoms. The number of carboxylic acids is 1. The van der Waals surface area contributed by atoms with E-state index in [9.17, 15) is 0 Å². The molecule has 0 unspecified atom stereocenters. The molecule has 0 radical (unpaired) electrons. The van der Waals surface area contributed by atoms with Crippen molar-refractivity contribution in [1.29, 1.82) is 0 Å². The molecular formula is C41H72Cl2N10O2. The highest BCUT2D eigenvalue weighted by Gasteiger charge is 2.26. The molecule has 0 saturated carbocycles. The highest BCUT2D eigenvalue weighted by atomic mass is 35.5. The number of guanidine groups is 4. The van der Waals surface area contributed by atoms with E-state index in [-0.39, 0.29) is 30.5 Å². The van der Waals surface area contributed by atoms with E-state index in [1.165, 1.54) is 75.3 Å². The number of rotatable bonds is 20. The van der Waals surface area contributed by atoms with E-state index in [1.54, 1.807) is 0 Å². The molecule has 12 nitrogen and oxygen atoms in total. The molecule has 1 heterocycles. The number of hydrogen-bond donors (Lipinski definition) is 7. The topological polar surface area (TPSA) is 187 Å². The lowest BCUT2D eigenvalue weighted by Gasteiger charge is -2.36. The van der Waals surface area contributed by atoms with Gasteiger partial charge in [-0.05, 0) is 50.7 Å². The van der Waals surface area contributed by atoms with Gasteiger partial charge in [-0.15, -0.1) is 24.8 Å². The van der Waals surface area contributed by atoms with Crippen molar-refractivity contribution in [2.75, 3.05) is 26.2 Å². The molecule has 1 aliphatic rings. The van der Waals surface area contributed by atoms with Crippen LogP contribution in [0.25, 0.3) is 0 Å². The van der Waals surface area contributed by atoms with Gasteiger partial charge in [-0.25, -0.2) is 0 Å². The van der Waals surface area contributed by atoms with Crippen molar-refractivity contribution in [2.24, 2.45) is 31.4 Å². The molecule has 1 fully saturated rings. The first kappa shape index (κ1) is 53.1. The Morgan fingerprint density at radius 1 is 0.636 bits per heavy atom. The van der Waals surface area contributed by atoms with Crippen molar-refractivity contribution >= 4 is 54.6 Å². The maximum Gasteiger partial charge on any atom is 0.300 e. The molecule has 3 rings (SSSR count). The number of hydrogen-bond acceptors (Lipinski definition) is 5. The van der Waals surface area contributed by atoms with Crippen molar-refractivity contribution in [3.8, 4) is 0 Å². The molecule has 2 aromatic carbocycles. The van der Waals surface area contributed by atoms with Gasteiger partial charge in [0.25, 0.3) is 5.97 Å². The SMILES string of the molecule is CC(=O)O.CCCCCCCCN=C(N)NC(N)=NCCc1ccccc1.CCCCCCCCN=C1NC(=NCCc2ccccc2)NC(C)(C)N1.Cl.Cl. The minimum atomic E-state index is -0.833. The molecule has 9 N–H and O–H groups in total. The first-order valence-electron chi connectivity index (χ1n) is 19.6. The number of nitrogens with one attached hydrogen (secondary N) is 4. The third kappa shape index (κ3) is 32.0. The zero-order chi connectivity index (χ0) is 39.0. The van der Waals surface area contributed by atoms with Crippen LogP contribution in [-0.4, -0.2) is 66.8 Å². The first-order chi connectivity index (χ1) is 25.5. The summed E-state index contributed by atoms with van der Waals surface area (Å²) >= 11 is 0. The molecule has 0 aromatic heterocycles. The van der Waals surface area contributed by atoms with Crippen LogP contribution in [0.4, 0.5) is 0 Å². The Hall–Kier alpha value is -4.03. The van der Waals surface area contributed by atoms with Crippen molar-refractivity contribution in [2.45, 2.75) is 130 Å². The van der Waals surface area contributed by atoms with Crippen LogP contribution in [0.1, 0.15) is 123 Å². The number of nitrogens with zero attached hydrogens (tertiary/aromatic N) is 4. The van der Waals surface area contributed by atoms with Crippen molar-refractivity contribution in [3.05, 3.63) is 71.8 Å². The molecule has 0 atom stereocenters. The number of aliphatic imine (C=N–C) groups is 4. The zero-order valence-corrected chi connectivity index (χ0v) is 35.7. The monoisotopic (exact) mass is 807 g/mol. The maximum atomic E-state index is 9.00. The Kier molecular flexibility index (Phi) is 33.3. The first-order valence-corrected chi connectivity index (χ1v) is 19.6. The Balaban J connectivity index is 0. The minimum Gasteiger partial charge on any atom is -0.481 e. The molecule has 1 aliphatic heterocycles. The fourth-order valence-electron chi connectivity index (χ4n) is 5.23. The van der Waals surface area contributed by atoms with Crippen LogP contribution in [-0.2, 0) is 17.6 Å². The Bertz CT molecular complexity index is 1350. The summed E-state index contributed by atoms with van der Waals surface area (Å²) in [7, 11) is 0. The van der Waals surface area contributed by atoms with Crippen LogP contribution in [0.3, 0.4) is 0 Å². The summed E-state index contributed by atoms with van der Waals surface area (Å²) in [6, 6.07) is 20.7. The van der Waals surface area contributed by atoms with Gasteiger partial charge in [0.1, 0.15) is 5.66 Å². The number of aliphatic carboxylic acids is 1. The van der Waals surface area contributed by atoms with Crippen LogP contribution in [0.15, 0.2) is 80.6 Å². The number of carbonyl (C=O) groups is 1. The fraction of sp³-hybridized carbons (Fsp3) is 0.585. The highest BCUT2D eigenvalue weighted by Crippen LogP contribution is 2.07. The van der Waals surface area contributed by atoms with Crippen molar-refractivity contribution in [3.63, 3.8) is 0 Å². The molecule has 2 aromatic rings. The standard InChI is InChI=1S/C21H35N5.C18H31N5.C2H4O2.2ClH/c1-4-5-6-7-8-12-16-22-19-24-20(26-21(2,3)25-19)23-17-15-18-13-10-9-11-14-18;1-2-3-4-5-6-10-14-21-17(19)23-18(20)22-15-13-16-11-8-7-9-12-16;1-2(3)4;;/h9-11,13-14H,4-8,12,15-17H2,1-3H3,(H3,22,23,24,25,26);7-9,11-12H,2-6,10,13-15H2,1H3,(H5,19,20,21,22,23);1H3,(H,3,4);2*1H. The smallest absolute Gasteiger partial charge is 0.300 e. The van der Waals surface area contributed by atoms with Gasteiger partial charge in [0.2, 0.25) is 0 Å². The van der Waals surface area contributed by atoms with Gasteiger partial charge >= 0.3 is 0 Å². The van der Waals surface area contributed by atoms with Gasteiger partial charge in [-0.3, -0.25) is 35.4 Å². The lowest BCUT2D eigenvalue weighted by Crippen LogP contribution is -2.68. The quantitative estimate of drug-likeness (QED) is 0.0406. The maximum absolute atomic E-state index is 9.00. The second kappa shape index (κ2) is 34.5. The average molecular weight is 808 g/mol. The summed E-state index contributed by atoms with van der Waals surface area (Å²) < 4.78 is 0. The lowest BCUT2D eigenvalue weighted by atomic mass is 10.1. The van der Waals surface area contributed by atoms with E-state index in [1.807, 2.05) is 24.3 Å². The largest absolute Gasteiger partial charge is 0.481 e. The summed E-state index contributed by atoms with van der Waals surface area (Å²) in [5, 5.41) is 20.3. The summed E-state index contributed by atoms with van der Waals surface area (Å²) in [5.74, 6) is 1.46. The van der Waals surface area contributed by atoms with Gasteiger partial charge in [-0.2, -0.15) is 0 Å². The average Bonchev–Trinajstić information content (AvgIpc) is 3.11. The molecule has 312 valence electrons. The Labute approximate surface area is 344 Å². The minimum absolute atomic E-state index is 0. The molecule has 55 heavy (non-hydrogen) atoms. The van der Waals surface area contributed by atoms with E-state index < -0.39 is 5.97 Å². The third-order valence-corrected chi connectivity index (χ3v) is 7.97. The Morgan fingerprint density at radius 3 is 1.49 bits per heavy atom. The fourth-order valence-corrected chi connectivity index (χ4v) is 5.23. The molecular weight excluding hydrogens is 735 g/mol. The van der Waals surface area contributed by atoms with E-state index in [4.69, 9.17) is 21.4 Å². The second-order valence-electron chi connectivity index (χ2n) is 13.6. The summed E-state index contributed by atoms with van der Waals surface area (Å²) in [6.45, 7) is 12.7. The number of unbranched alkanes of at least 4 members (excludes halogenated alkanes) is 10. The molecule has 14 heteroatoms. The van der Waals surface area contributed by atoms with Crippen LogP contribution < -0.4 is 32.7 Å². The molecule has 0 aliphatic carbocycles. The van der Waals surface area contributed by atoms with Crippen molar-refractivity contribution in [1.82, 2.24) is 21.3 Å². The van der Waals surface area contributed by atoms with E-state index in [0.717, 1.165) is 64.2 Å². The van der Waals surface area contributed by atoms with E-state index in [0.29, 0.717) is 18.5 Å². The van der Waals surface area contributed by atoms with Crippen LogP contribution in [0.5, 0.6) is 0 Å². The van der Waals surface area contributed by atoms with Gasteiger partial charge in [0.05, 0.1) is 0 Å². The van der Waals surface area contributed by atoms with Gasteiger partial charge in [0.15, 0.2) is 23.8 Å². The third-order valence-electron chi connectivity index (χ3n) is 7.97. The van der Waals surface area contributed by atoms with Gasteiger partial charge in [-0.1, -0.05) is 139 Å². The number of nitrogens with two attached hydrogens (primary N) is 2. The van der Waals surface area contributed by atoms with E-state index in [2.05, 4.69) is 105 Å². The predicted octanol–water partition coefficient (Wildman–Crippen LogP) is 7.56. The predicted molar refractivity (Wildman–Crippen MR) is 239 cm³/mol. The van der Waals surface area contributed by atoms with Gasteiger partial charge < -0.3 is 27.2 Å². The number of benzene rings is 2. The van der Waals surface area contributed by atoms with Crippen molar-refractivity contribution < 1.29 is 9.90 Å². The summed E-state index contributed by atoms with van der Waals surface area (Å²) in [5.41, 5.74) is 13.9. The summed E-state index contributed by atoms with van der Waals surface area (Å²) in [4.78, 5) is 26.9. The molecule has 0 amide bonds. The molecule has 0 bridgehead atoms. The van der Waals surface area contributed by atoms with Gasteiger partial charge in [0, 0.05) is 33.1 Å². The Morgan fingerprint density at radius 2 is 1.02 bits per heavy atom. The number of halogens is 2. The highest BCUT2D eigenvalue weighted by molar-refractivity contribution is 6.01. The normalized spacial score (nSPS) is 14.6. The van der Waals surface area contributed by atoms with Crippen LogP contribution in [0, 0.1) is 0 Å². The second-order valence-corrected chi connectivity index (χ2v) is 13.6.